The van der Waals surface area contributed by atoms with E-state index in [1.54, 1.807) is 0 Å². The van der Waals surface area contributed by atoms with Crippen LogP contribution in [0.5, 0.6) is 0 Å². The molecule has 1 saturated carbocycles. The number of rotatable bonds is 2. The molecule has 1 aliphatic carbocycles. The van der Waals surface area contributed by atoms with E-state index in [0.29, 0.717) is 11.8 Å². The third-order valence-electron chi connectivity index (χ3n) is 3.54. The summed E-state index contributed by atoms with van der Waals surface area (Å²) in [6.07, 6.45) is 3.70. The van der Waals surface area contributed by atoms with Gasteiger partial charge in [-0.15, -0.1) is 0 Å². The molecule has 3 nitrogen and oxygen atoms in total. The maximum atomic E-state index is 9.53. The molecule has 0 bridgehead atoms. The second-order valence-corrected chi connectivity index (χ2v) is 5.45. The lowest BCUT2D eigenvalue weighted by atomic mass is 9.87. The Balaban J connectivity index is 2.20. The minimum Gasteiger partial charge on any atom is -0.393 e. The Hall–Kier alpha value is -0.960. The molecule has 1 aromatic rings. The number of aromatic nitrogens is 2. The van der Waals surface area contributed by atoms with E-state index < -0.39 is 0 Å². The SMILES string of the molecule is Cc1cc(C(C)C)nc(C2CCC(O)CC2)n1. The number of hydrogen-bond acceptors (Lipinski definition) is 3. The summed E-state index contributed by atoms with van der Waals surface area (Å²) in [4.78, 5) is 9.26. The Morgan fingerprint density at radius 1 is 1.18 bits per heavy atom. The lowest BCUT2D eigenvalue weighted by Crippen LogP contribution is -2.19. The quantitative estimate of drug-likeness (QED) is 0.855. The largest absolute Gasteiger partial charge is 0.393 e. The van der Waals surface area contributed by atoms with Crippen molar-refractivity contribution in [3.63, 3.8) is 0 Å². The molecule has 0 aliphatic heterocycles. The molecule has 1 heterocycles. The van der Waals surface area contributed by atoms with Gasteiger partial charge in [0.05, 0.1) is 6.10 Å². The highest BCUT2D eigenvalue weighted by Crippen LogP contribution is 2.31. The third-order valence-corrected chi connectivity index (χ3v) is 3.54. The van der Waals surface area contributed by atoms with Crippen LogP contribution in [0, 0.1) is 6.92 Å². The van der Waals surface area contributed by atoms with Gasteiger partial charge < -0.3 is 5.11 Å². The Labute approximate surface area is 103 Å². The summed E-state index contributed by atoms with van der Waals surface area (Å²) in [5.74, 6) is 1.88. The average molecular weight is 234 g/mol. The zero-order valence-electron chi connectivity index (χ0n) is 11.0. The first-order valence-corrected chi connectivity index (χ1v) is 6.60. The van der Waals surface area contributed by atoms with Crippen molar-refractivity contribution in [3.05, 3.63) is 23.3 Å². The van der Waals surface area contributed by atoms with Gasteiger partial charge in [0.2, 0.25) is 0 Å². The zero-order valence-corrected chi connectivity index (χ0v) is 11.0. The fraction of sp³-hybridized carbons (Fsp3) is 0.714. The van der Waals surface area contributed by atoms with Crippen LogP contribution < -0.4 is 0 Å². The Morgan fingerprint density at radius 2 is 1.82 bits per heavy atom. The first-order chi connectivity index (χ1) is 8.06. The maximum absolute atomic E-state index is 9.53. The van der Waals surface area contributed by atoms with E-state index in [4.69, 9.17) is 0 Å². The predicted molar refractivity (Wildman–Crippen MR) is 68.1 cm³/mol. The van der Waals surface area contributed by atoms with Gasteiger partial charge in [-0.25, -0.2) is 9.97 Å². The standard InChI is InChI=1S/C14H22N2O/c1-9(2)13-8-10(3)15-14(16-13)11-4-6-12(17)7-5-11/h8-9,11-12,17H,4-7H2,1-3H3. The lowest BCUT2D eigenvalue weighted by molar-refractivity contribution is 0.121. The minimum atomic E-state index is -0.111. The van der Waals surface area contributed by atoms with Gasteiger partial charge in [-0.3, -0.25) is 0 Å². The van der Waals surface area contributed by atoms with Crippen molar-refractivity contribution < 1.29 is 5.11 Å². The van der Waals surface area contributed by atoms with Gasteiger partial charge in [0.1, 0.15) is 5.82 Å². The first kappa shape index (κ1) is 12.5. The monoisotopic (exact) mass is 234 g/mol. The van der Waals surface area contributed by atoms with Crippen molar-refractivity contribution in [3.8, 4) is 0 Å². The maximum Gasteiger partial charge on any atom is 0.131 e. The topological polar surface area (TPSA) is 46.0 Å². The van der Waals surface area contributed by atoms with E-state index in [-0.39, 0.29) is 6.10 Å². The third kappa shape index (κ3) is 3.03. The van der Waals surface area contributed by atoms with Crippen LogP contribution in [-0.2, 0) is 0 Å². The van der Waals surface area contributed by atoms with Gasteiger partial charge in [0.15, 0.2) is 0 Å². The Bertz CT molecular complexity index is 382. The summed E-state index contributed by atoms with van der Waals surface area (Å²) in [6.45, 7) is 6.36. The molecule has 0 amide bonds. The zero-order chi connectivity index (χ0) is 12.4. The molecule has 0 unspecified atom stereocenters. The van der Waals surface area contributed by atoms with E-state index in [9.17, 15) is 5.11 Å². The van der Waals surface area contributed by atoms with E-state index in [1.165, 1.54) is 0 Å². The molecule has 94 valence electrons. The molecule has 1 fully saturated rings. The number of aryl methyl sites for hydroxylation is 1. The van der Waals surface area contributed by atoms with Gasteiger partial charge in [-0.2, -0.15) is 0 Å². The molecule has 0 spiro atoms. The summed E-state index contributed by atoms with van der Waals surface area (Å²) >= 11 is 0. The molecular formula is C14H22N2O. The molecule has 1 aliphatic rings. The van der Waals surface area contributed by atoms with Crippen LogP contribution in [0.15, 0.2) is 6.07 Å². The molecule has 1 N–H and O–H groups in total. The van der Waals surface area contributed by atoms with Crippen LogP contribution in [0.25, 0.3) is 0 Å². The van der Waals surface area contributed by atoms with Crippen molar-refractivity contribution in [2.45, 2.75) is 64.4 Å². The highest BCUT2D eigenvalue weighted by Gasteiger charge is 2.23. The average Bonchev–Trinajstić information content (AvgIpc) is 2.29. The van der Waals surface area contributed by atoms with Crippen molar-refractivity contribution in [1.82, 2.24) is 9.97 Å². The molecule has 0 atom stereocenters. The predicted octanol–water partition coefficient (Wildman–Crippen LogP) is 2.93. The van der Waals surface area contributed by atoms with E-state index in [2.05, 4.69) is 29.9 Å². The van der Waals surface area contributed by atoms with Gasteiger partial charge >= 0.3 is 0 Å². The summed E-state index contributed by atoms with van der Waals surface area (Å²) in [6, 6.07) is 2.08. The molecule has 0 radical (unpaired) electrons. The second-order valence-electron chi connectivity index (χ2n) is 5.45. The van der Waals surface area contributed by atoms with Crippen LogP contribution in [0.4, 0.5) is 0 Å². The summed E-state index contributed by atoms with van der Waals surface area (Å²) in [7, 11) is 0. The molecule has 2 rings (SSSR count). The molecule has 17 heavy (non-hydrogen) atoms. The van der Waals surface area contributed by atoms with Crippen LogP contribution >= 0.6 is 0 Å². The van der Waals surface area contributed by atoms with Gasteiger partial charge in [0, 0.05) is 17.3 Å². The van der Waals surface area contributed by atoms with Gasteiger partial charge in [-0.1, -0.05) is 13.8 Å². The molecule has 3 heteroatoms. The first-order valence-electron chi connectivity index (χ1n) is 6.60. The van der Waals surface area contributed by atoms with Crippen molar-refractivity contribution >= 4 is 0 Å². The van der Waals surface area contributed by atoms with Gasteiger partial charge in [0.25, 0.3) is 0 Å². The van der Waals surface area contributed by atoms with Crippen molar-refractivity contribution in [1.29, 1.82) is 0 Å². The fourth-order valence-electron chi connectivity index (χ4n) is 2.43. The summed E-state index contributed by atoms with van der Waals surface area (Å²) < 4.78 is 0. The van der Waals surface area contributed by atoms with Crippen LogP contribution in [-0.4, -0.2) is 21.2 Å². The minimum absolute atomic E-state index is 0.111. The van der Waals surface area contributed by atoms with Crippen LogP contribution in [0.3, 0.4) is 0 Å². The van der Waals surface area contributed by atoms with Crippen molar-refractivity contribution in [2.75, 3.05) is 0 Å². The van der Waals surface area contributed by atoms with Crippen LogP contribution in [0.2, 0.25) is 0 Å². The fourth-order valence-corrected chi connectivity index (χ4v) is 2.43. The Kier molecular flexibility index (Phi) is 3.77. The number of hydrogen-bond donors (Lipinski definition) is 1. The van der Waals surface area contributed by atoms with Gasteiger partial charge in [-0.05, 0) is 44.6 Å². The summed E-state index contributed by atoms with van der Waals surface area (Å²) in [5, 5.41) is 9.53. The second kappa shape index (κ2) is 5.13. The summed E-state index contributed by atoms with van der Waals surface area (Å²) in [5.41, 5.74) is 2.20. The van der Waals surface area contributed by atoms with E-state index in [1.807, 2.05) is 6.92 Å². The van der Waals surface area contributed by atoms with Crippen LogP contribution in [0.1, 0.15) is 68.6 Å². The highest BCUT2D eigenvalue weighted by molar-refractivity contribution is 5.15. The molecule has 0 aromatic carbocycles. The van der Waals surface area contributed by atoms with Crippen molar-refractivity contribution in [2.24, 2.45) is 0 Å². The Morgan fingerprint density at radius 3 is 2.41 bits per heavy atom. The lowest BCUT2D eigenvalue weighted by Gasteiger charge is -2.24. The molecule has 0 saturated heterocycles. The number of aliphatic hydroxyl groups is 1. The highest BCUT2D eigenvalue weighted by atomic mass is 16.3. The normalized spacial score (nSPS) is 25.2. The molecule has 1 aromatic heterocycles. The number of aliphatic hydroxyl groups excluding tert-OH is 1. The molecular weight excluding hydrogens is 212 g/mol. The number of nitrogens with zero attached hydrogens (tertiary/aromatic N) is 2. The van der Waals surface area contributed by atoms with E-state index in [0.717, 1.165) is 42.9 Å². The smallest absolute Gasteiger partial charge is 0.131 e. The van der Waals surface area contributed by atoms with E-state index >= 15 is 0 Å².